The summed E-state index contributed by atoms with van der Waals surface area (Å²) in [5.74, 6) is 0.325. The maximum absolute atomic E-state index is 12.4. The Hall–Kier alpha value is -0.599. The van der Waals surface area contributed by atoms with E-state index in [2.05, 4.69) is 4.99 Å². The average Bonchev–Trinajstić information content (AvgIpc) is 2.44. The second-order valence-electron chi connectivity index (χ2n) is 4.19. The molecule has 2 aromatic carbocycles. The number of benzene rings is 2. The molecule has 0 radical (unpaired) electrons. The summed E-state index contributed by atoms with van der Waals surface area (Å²) >= 11 is 0. The SMILES string of the molecule is F[B-](F)(F)c1ccc(OC=NCc2ccccc2)cc1.[K+]. The van der Waals surface area contributed by atoms with E-state index in [0.29, 0.717) is 12.3 Å². The fraction of sp³-hybridized carbons (Fsp3) is 0.0714. The molecule has 21 heavy (non-hydrogen) atoms. The maximum atomic E-state index is 12.4. The van der Waals surface area contributed by atoms with Gasteiger partial charge in [0.1, 0.15) is 5.75 Å². The first kappa shape index (κ1) is 18.5. The number of rotatable bonds is 5. The molecule has 2 nitrogen and oxygen atoms in total. The van der Waals surface area contributed by atoms with Crippen LogP contribution in [0.5, 0.6) is 5.75 Å². The van der Waals surface area contributed by atoms with Crippen LogP contribution in [0.1, 0.15) is 5.56 Å². The normalized spacial score (nSPS) is 11.2. The first-order valence-corrected chi connectivity index (χ1v) is 6.04. The van der Waals surface area contributed by atoms with Crippen molar-refractivity contribution in [3.05, 3.63) is 60.2 Å². The summed E-state index contributed by atoms with van der Waals surface area (Å²) in [5, 5.41) is 0. The minimum Gasteiger partial charge on any atom is -0.446 e. The van der Waals surface area contributed by atoms with Gasteiger partial charge in [0.05, 0.1) is 6.54 Å². The van der Waals surface area contributed by atoms with E-state index in [1.807, 2.05) is 30.3 Å². The molecule has 0 heterocycles. The molecule has 0 unspecified atom stereocenters. The van der Waals surface area contributed by atoms with Gasteiger partial charge in [-0.25, -0.2) is 0 Å². The van der Waals surface area contributed by atoms with Crippen LogP contribution in [0.25, 0.3) is 0 Å². The van der Waals surface area contributed by atoms with Crippen molar-refractivity contribution in [2.45, 2.75) is 6.54 Å². The monoisotopic (exact) mass is 317 g/mol. The summed E-state index contributed by atoms with van der Waals surface area (Å²) in [7, 11) is 0. The van der Waals surface area contributed by atoms with Gasteiger partial charge in [-0.05, 0) is 17.7 Å². The van der Waals surface area contributed by atoms with E-state index in [4.69, 9.17) is 4.74 Å². The third-order valence-corrected chi connectivity index (χ3v) is 2.64. The third-order valence-electron chi connectivity index (χ3n) is 2.64. The molecule has 2 aromatic rings. The van der Waals surface area contributed by atoms with Crippen LogP contribution in [0.3, 0.4) is 0 Å². The van der Waals surface area contributed by atoms with Crippen molar-refractivity contribution in [1.82, 2.24) is 0 Å². The van der Waals surface area contributed by atoms with E-state index in [-0.39, 0.29) is 51.4 Å². The molecule has 0 aliphatic rings. The van der Waals surface area contributed by atoms with Crippen LogP contribution >= 0.6 is 0 Å². The van der Waals surface area contributed by atoms with Crippen LogP contribution in [-0.4, -0.2) is 13.4 Å². The Labute approximate surface area is 163 Å². The second kappa shape index (κ2) is 8.75. The number of aliphatic imine (C=N–C) groups is 1. The van der Waals surface area contributed by atoms with E-state index >= 15 is 0 Å². The summed E-state index contributed by atoms with van der Waals surface area (Å²) in [6, 6.07) is 14.1. The molecule has 0 fully saturated rings. The van der Waals surface area contributed by atoms with Gasteiger partial charge in [0.2, 0.25) is 0 Å². The van der Waals surface area contributed by atoms with Crippen molar-refractivity contribution in [3.63, 3.8) is 0 Å². The number of hydrogen-bond acceptors (Lipinski definition) is 2. The molecular formula is C14H12BF3KNO. The molecule has 0 atom stereocenters. The first-order valence-electron chi connectivity index (χ1n) is 6.04. The zero-order valence-corrected chi connectivity index (χ0v) is 14.7. The summed E-state index contributed by atoms with van der Waals surface area (Å²) in [4.78, 5) is 4.04. The predicted molar refractivity (Wildman–Crippen MR) is 74.4 cm³/mol. The predicted octanol–water partition coefficient (Wildman–Crippen LogP) is 0.352. The van der Waals surface area contributed by atoms with Crippen LogP contribution in [0.4, 0.5) is 12.9 Å². The fourth-order valence-corrected chi connectivity index (χ4v) is 1.59. The van der Waals surface area contributed by atoms with E-state index in [0.717, 1.165) is 17.7 Å². The second-order valence-corrected chi connectivity index (χ2v) is 4.19. The van der Waals surface area contributed by atoms with Gasteiger partial charge in [-0.2, -0.15) is 0 Å². The Kier molecular flexibility index (Phi) is 7.69. The van der Waals surface area contributed by atoms with Crippen LogP contribution in [-0.2, 0) is 6.54 Å². The molecule has 0 bridgehead atoms. The number of hydrogen-bond donors (Lipinski definition) is 0. The van der Waals surface area contributed by atoms with Gasteiger partial charge in [-0.3, -0.25) is 4.99 Å². The molecule has 0 aliphatic carbocycles. The topological polar surface area (TPSA) is 21.6 Å². The molecule has 7 heteroatoms. The average molecular weight is 317 g/mol. The summed E-state index contributed by atoms with van der Waals surface area (Å²) in [6.45, 7) is -4.50. The van der Waals surface area contributed by atoms with Crippen LogP contribution in [0, 0.1) is 0 Å². The number of ether oxygens (including phenoxy) is 1. The molecule has 0 N–H and O–H groups in total. The third kappa shape index (κ3) is 6.36. The minimum atomic E-state index is -4.96. The van der Waals surface area contributed by atoms with Gasteiger partial charge in [0.15, 0.2) is 6.40 Å². The Bertz CT molecular complexity index is 573. The summed E-state index contributed by atoms with van der Waals surface area (Å²) in [5.41, 5.74) is 0.390. The summed E-state index contributed by atoms with van der Waals surface area (Å²) in [6.07, 6.45) is 1.24. The van der Waals surface area contributed by atoms with E-state index in [1.165, 1.54) is 18.5 Å². The molecule has 2 rings (SSSR count). The largest absolute Gasteiger partial charge is 1.00 e. The van der Waals surface area contributed by atoms with E-state index in [9.17, 15) is 12.9 Å². The van der Waals surface area contributed by atoms with Crippen molar-refractivity contribution in [3.8, 4) is 5.75 Å². The van der Waals surface area contributed by atoms with Gasteiger partial charge in [0.25, 0.3) is 0 Å². The van der Waals surface area contributed by atoms with Crippen molar-refractivity contribution >= 4 is 18.8 Å². The first-order chi connectivity index (χ1) is 9.55. The van der Waals surface area contributed by atoms with E-state index < -0.39 is 12.4 Å². The number of halogens is 3. The molecule has 0 saturated heterocycles. The van der Waals surface area contributed by atoms with Crippen molar-refractivity contribution in [2.24, 2.45) is 4.99 Å². The molecule has 0 amide bonds. The zero-order chi connectivity index (χ0) is 14.4. The Balaban J connectivity index is 0.00000220. The van der Waals surface area contributed by atoms with Crippen LogP contribution in [0.15, 0.2) is 59.6 Å². The number of nitrogens with zero attached hydrogens (tertiary/aromatic N) is 1. The molecular weight excluding hydrogens is 305 g/mol. The van der Waals surface area contributed by atoms with Gasteiger partial charge in [-0.1, -0.05) is 42.5 Å². The quantitative estimate of drug-likeness (QED) is 0.443. The minimum absolute atomic E-state index is 0. The Morgan fingerprint density at radius 3 is 2.14 bits per heavy atom. The Morgan fingerprint density at radius 2 is 1.57 bits per heavy atom. The van der Waals surface area contributed by atoms with Gasteiger partial charge in [0, 0.05) is 0 Å². The molecule has 0 aliphatic heterocycles. The van der Waals surface area contributed by atoms with Crippen LogP contribution < -0.4 is 61.6 Å². The zero-order valence-electron chi connectivity index (χ0n) is 11.5. The fourth-order valence-electron chi connectivity index (χ4n) is 1.59. The van der Waals surface area contributed by atoms with Gasteiger partial charge >= 0.3 is 58.4 Å². The smallest absolute Gasteiger partial charge is 0.446 e. The molecule has 0 aromatic heterocycles. The van der Waals surface area contributed by atoms with Gasteiger partial charge < -0.3 is 17.7 Å². The molecule has 104 valence electrons. The van der Waals surface area contributed by atoms with Crippen molar-refractivity contribution in [2.75, 3.05) is 0 Å². The standard InChI is InChI=1S/C14H12BF3NO.K/c16-15(17,18)13-6-8-14(9-7-13)20-11-19-10-12-4-2-1-3-5-12;/h1-9,11H,10H2;/q-1;+1. The molecule has 0 saturated carbocycles. The van der Waals surface area contributed by atoms with Crippen LogP contribution in [0.2, 0.25) is 0 Å². The van der Waals surface area contributed by atoms with E-state index in [1.54, 1.807) is 0 Å². The Morgan fingerprint density at radius 1 is 0.952 bits per heavy atom. The maximum Gasteiger partial charge on any atom is 1.00 e. The van der Waals surface area contributed by atoms with Crippen molar-refractivity contribution < 1.29 is 69.1 Å². The molecule has 0 spiro atoms. The van der Waals surface area contributed by atoms with Crippen molar-refractivity contribution in [1.29, 1.82) is 0 Å². The van der Waals surface area contributed by atoms with Gasteiger partial charge in [-0.15, -0.1) is 5.46 Å². The summed E-state index contributed by atoms with van der Waals surface area (Å²) < 4.78 is 42.4.